The number of anilines is 1. The van der Waals surface area contributed by atoms with Crippen molar-refractivity contribution in [1.29, 1.82) is 0 Å². The molecule has 1 saturated carbocycles. The van der Waals surface area contributed by atoms with Crippen LogP contribution in [-0.4, -0.2) is 43.5 Å². The molecule has 2 aliphatic rings. The molecule has 2 aromatic rings. The van der Waals surface area contributed by atoms with Gasteiger partial charge in [0.05, 0.1) is 10.7 Å². The van der Waals surface area contributed by atoms with E-state index in [1.54, 1.807) is 5.38 Å². The van der Waals surface area contributed by atoms with Gasteiger partial charge in [-0.2, -0.15) is 0 Å². The standard InChI is InChI=1S/C21H27ClFN3O2S2/c22-15-12-20(30(27,28)14-21-24-8-11-29-21)16(23)13-18(15)25-17-6-2-3-7-19(17)26-9-4-1-5-10-26/h8,11-13,17,19,25H,1-7,9-10,14H2/t17-,19-/m0/s1. The number of thiazole rings is 1. The summed E-state index contributed by atoms with van der Waals surface area (Å²) in [4.78, 5) is 6.18. The van der Waals surface area contributed by atoms with Crippen molar-refractivity contribution in [3.8, 4) is 0 Å². The molecule has 0 amide bonds. The third-order valence-electron chi connectivity index (χ3n) is 6.08. The number of likely N-dealkylation sites (tertiary alicyclic amines) is 1. The van der Waals surface area contributed by atoms with Crippen LogP contribution in [0.3, 0.4) is 0 Å². The summed E-state index contributed by atoms with van der Waals surface area (Å²) in [5, 5.41) is 5.80. The van der Waals surface area contributed by atoms with Gasteiger partial charge in [-0.15, -0.1) is 11.3 Å². The van der Waals surface area contributed by atoms with Gasteiger partial charge >= 0.3 is 0 Å². The first kappa shape index (κ1) is 22.0. The van der Waals surface area contributed by atoms with Crippen LogP contribution in [0.2, 0.25) is 5.02 Å². The molecule has 1 saturated heterocycles. The van der Waals surface area contributed by atoms with Crippen molar-refractivity contribution in [1.82, 2.24) is 9.88 Å². The van der Waals surface area contributed by atoms with Crippen molar-refractivity contribution in [3.05, 3.63) is 39.6 Å². The topological polar surface area (TPSA) is 62.3 Å². The molecule has 30 heavy (non-hydrogen) atoms. The second kappa shape index (κ2) is 9.51. The minimum Gasteiger partial charge on any atom is -0.379 e. The minimum absolute atomic E-state index is 0.187. The molecule has 4 rings (SSSR count). The lowest BCUT2D eigenvalue weighted by atomic mass is 9.88. The first-order valence-corrected chi connectivity index (χ1v) is 13.5. The summed E-state index contributed by atoms with van der Waals surface area (Å²) >= 11 is 7.65. The van der Waals surface area contributed by atoms with Gasteiger partial charge in [0.15, 0.2) is 9.84 Å². The number of rotatable bonds is 6. The zero-order chi connectivity index (χ0) is 21.1. The predicted octanol–water partition coefficient (Wildman–Crippen LogP) is 5.12. The molecular weight excluding hydrogens is 445 g/mol. The summed E-state index contributed by atoms with van der Waals surface area (Å²) in [6.07, 6.45) is 9.73. The van der Waals surface area contributed by atoms with Gasteiger partial charge in [0.1, 0.15) is 21.5 Å². The van der Waals surface area contributed by atoms with E-state index in [0.717, 1.165) is 32.4 Å². The summed E-state index contributed by atoms with van der Waals surface area (Å²) in [5.41, 5.74) is 0.469. The summed E-state index contributed by atoms with van der Waals surface area (Å²) in [6, 6.07) is 3.07. The van der Waals surface area contributed by atoms with E-state index in [1.165, 1.54) is 55.3 Å². The number of hydrogen-bond donors (Lipinski definition) is 1. The molecule has 1 aliphatic heterocycles. The number of halogens is 2. The molecule has 2 heterocycles. The van der Waals surface area contributed by atoms with Gasteiger partial charge in [-0.25, -0.2) is 17.8 Å². The van der Waals surface area contributed by atoms with Crippen molar-refractivity contribution in [2.24, 2.45) is 0 Å². The Labute approximate surface area is 186 Å². The Morgan fingerprint density at radius 3 is 2.67 bits per heavy atom. The van der Waals surface area contributed by atoms with E-state index in [0.29, 0.717) is 16.7 Å². The van der Waals surface area contributed by atoms with Crippen LogP contribution in [0.5, 0.6) is 0 Å². The number of benzene rings is 1. The average Bonchev–Trinajstić information content (AvgIpc) is 3.23. The van der Waals surface area contributed by atoms with E-state index < -0.39 is 15.7 Å². The molecule has 2 fully saturated rings. The molecule has 164 valence electrons. The molecule has 0 spiro atoms. The van der Waals surface area contributed by atoms with Crippen LogP contribution in [0.15, 0.2) is 28.6 Å². The molecule has 1 aromatic carbocycles. The Morgan fingerprint density at radius 2 is 1.93 bits per heavy atom. The van der Waals surface area contributed by atoms with Crippen molar-refractivity contribution in [3.63, 3.8) is 0 Å². The van der Waals surface area contributed by atoms with Gasteiger partial charge in [-0.1, -0.05) is 30.9 Å². The van der Waals surface area contributed by atoms with Crippen LogP contribution in [0.25, 0.3) is 0 Å². The highest BCUT2D eigenvalue weighted by molar-refractivity contribution is 7.90. The Balaban J connectivity index is 1.54. The Kier molecular flexibility index (Phi) is 6.97. The van der Waals surface area contributed by atoms with E-state index in [1.807, 2.05) is 0 Å². The normalized spacial score (nSPS) is 23.4. The second-order valence-corrected chi connectivity index (χ2v) is 11.5. The largest absolute Gasteiger partial charge is 0.379 e. The van der Waals surface area contributed by atoms with E-state index in [2.05, 4.69) is 15.2 Å². The van der Waals surface area contributed by atoms with Gasteiger partial charge in [0.2, 0.25) is 0 Å². The van der Waals surface area contributed by atoms with Crippen LogP contribution in [0.4, 0.5) is 10.1 Å². The fourth-order valence-electron chi connectivity index (χ4n) is 4.61. The van der Waals surface area contributed by atoms with Gasteiger partial charge in [0, 0.05) is 23.7 Å². The van der Waals surface area contributed by atoms with Gasteiger partial charge in [-0.05, 0) is 50.9 Å². The van der Waals surface area contributed by atoms with Crippen molar-refractivity contribution in [2.75, 3.05) is 18.4 Å². The summed E-state index contributed by atoms with van der Waals surface area (Å²) in [7, 11) is -3.86. The number of aromatic nitrogens is 1. The first-order chi connectivity index (χ1) is 14.4. The first-order valence-electron chi connectivity index (χ1n) is 10.5. The van der Waals surface area contributed by atoms with Gasteiger partial charge in [0.25, 0.3) is 0 Å². The summed E-state index contributed by atoms with van der Waals surface area (Å²) < 4.78 is 40.2. The number of sulfone groups is 1. The molecule has 1 aromatic heterocycles. The zero-order valence-electron chi connectivity index (χ0n) is 16.8. The maximum Gasteiger partial charge on any atom is 0.187 e. The number of nitrogens with zero attached hydrogens (tertiary/aromatic N) is 2. The molecule has 0 bridgehead atoms. The van der Waals surface area contributed by atoms with E-state index in [9.17, 15) is 12.8 Å². The Bertz CT molecular complexity index is 963. The van der Waals surface area contributed by atoms with Crippen LogP contribution in [0, 0.1) is 5.82 Å². The smallest absolute Gasteiger partial charge is 0.187 e. The van der Waals surface area contributed by atoms with E-state index in [-0.39, 0.29) is 21.7 Å². The maximum absolute atomic E-state index is 14.9. The predicted molar refractivity (Wildman–Crippen MR) is 120 cm³/mol. The molecule has 0 radical (unpaired) electrons. The van der Waals surface area contributed by atoms with Gasteiger partial charge < -0.3 is 5.32 Å². The molecule has 2 atom stereocenters. The average molecular weight is 472 g/mol. The third kappa shape index (κ3) is 4.98. The fraction of sp³-hybridized carbons (Fsp3) is 0.571. The number of nitrogens with one attached hydrogen (secondary N) is 1. The highest BCUT2D eigenvalue weighted by Gasteiger charge is 2.32. The molecule has 1 aliphatic carbocycles. The van der Waals surface area contributed by atoms with E-state index in [4.69, 9.17) is 11.6 Å². The van der Waals surface area contributed by atoms with Crippen molar-refractivity contribution in [2.45, 2.75) is 67.7 Å². The lowest BCUT2D eigenvalue weighted by molar-refractivity contribution is 0.121. The van der Waals surface area contributed by atoms with Crippen LogP contribution in [-0.2, 0) is 15.6 Å². The molecule has 0 unspecified atom stereocenters. The van der Waals surface area contributed by atoms with Gasteiger partial charge in [-0.3, -0.25) is 4.90 Å². The summed E-state index contributed by atoms with van der Waals surface area (Å²) in [5.74, 6) is -1.10. The molecule has 5 nitrogen and oxygen atoms in total. The fourth-order valence-corrected chi connectivity index (χ4v) is 7.24. The Hall–Kier alpha value is -1.22. The van der Waals surface area contributed by atoms with Crippen molar-refractivity contribution < 1.29 is 12.8 Å². The molecule has 1 N–H and O–H groups in total. The highest BCUT2D eigenvalue weighted by Crippen LogP contribution is 2.34. The second-order valence-electron chi connectivity index (χ2n) is 8.15. The third-order valence-corrected chi connectivity index (χ3v) is 9.00. The Morgan fingerprint density at radius 1 is 1.17 bits per heavy atom. The maximum atomic E-state index is 14.9. The van der Waals surface area contributed by atoms with E-state index >= 15 is 0 Å². The van der Waals surface area contributed by atoms with Crippen LogP contribution >= 0.6 is 22.9 Å². The lowest BCUT2D eigenvalue weighted by Crippen LogP contribution is -2.50. The van der Waals surface area contributed by atoms with Crippen molar-refractivity contribution >= 4 is 38.5 Å². The SMILES string of the molecule is O=S(=O)(Cc1nccs1)c1cc(Cl)c(N[C@H]2CCCC[C@@H]2N2CCCCC2)cc1F. The minimum atomic E-state index is -3.86. The monoisotopic (exact) mass is 471 g/mol. The van der Waals surface area contributed by atoms with Crippen LogP contribution in [0.1, 0.15) is 50.0 Å². The quantitative estimate of drug-likeness (QED) is 0.633. The molecular formula is C21H27ClFN3O2S2. The highest BCUT2D eigenvalue weighted by atomic mass is 35.5. The lowest BCUT2D eigenvalue weighted by Gasteiger charge is -2.42. The summed E-state index contributed by atoms with van der Waals surface area (Å²) in [6.45, 7) is 2.22. The van der Waals surface area contributed by atoms with Crippen LogP contribution < -0.4 is 5.32 Å². The number of hydrogen-bond acceptors (Lipinski definition) is 6. The number of piperidine rings is 1. The zero-order valence-corrected chi connectivity index (χ0v) is 19.2. The molecule has 9 heteroatoms.